The summed E-state index contributed by atoms with van der Waals surface area (Å²) < 4.78 is 0. The minimum absolute atomic E-state index is 0.861. The second-order valence-electron chi connectivity index (χ2n) is 6.91. The van der Waals surface area contributed by atoms with Crippen molar-refractivity contribution in [1.82, 2.24) is 0 Å². The Morgan fingerprint density at radius 3 is 2.29 bits per heavy atom. The van der Waals surface area contributed by atoms with Gasteiger partial charge in [0.15, 0.2) is 0 Å². The summed E-state index contributed by atoms with van der Waals surface area (Å²) in [6.45, 7) is 2.30. The van der Waals surface area contributed by atoms with Crippen LogP contribution in [-0.2, 0) is 6.42 Å². The van der Waals surface area contributed by atoms with Crippen LogP contribution in [0.2, 0.25) is 0 Å². The molecule has 0 aliphatic heterocycles. The van der Waals surface area contributed by atoms with Crippen LogP contribution >= 0.6 is 0 Å². The van der Waals surface area contributed by atoms with Gasteiger partial charge in [-0.2, -0.15) is 0 Å². The number of fused-ring (bicyclic) bond motifs is 1. The Bertz CT molecular complexity index is 379. The molecule has 0 amide bonds. The maximum Gasteiger partial charge on any atom is -0.0159 e. The molecule has 1 aliphatic rings. The first-order valence-corrected chi connectivity index (χ1v) is 9.49. The summed E-state index contributed by atoms with van der Waals surface area (Å²) in [5, 5.41) is 0. The highest BCUT2D eigenvalue weighted by Crippen LogP contribution is 2.35. The molecule has 0 fully saturated rings. The monoisotopic (exact) mass is 286 g/mol. The lowest BCUT2D eigenvalue weighted by molar-refractivity contribution is 0.481. The molecule has 0 bridgehead atoms. The Morgan fingerprint density at radius 1 is 0.857 bits per heavy atom. The predicted octanol–water partition coefficient (Wildman–Crippen LogP) is 7.03. The zero-order valence-electron chi connectivity index (χ0n) is 14.1. The molecule has 1 unspecified atom stereocenters. The molecule has 1 aliphatic carbocycles. The fourth-order valence-corrected chi connectivity index (χ4v) is 3.86. The average molecular weight is 287 g/mol. The number of rotatable bonds is 10. The molecule has 1 atom stereocenters. The Kier molecular flexibility index (Phi) is 7.92. The van der Waals surface area contributed by atoms with Crippen LogP contribution in [0.4, 0.5) is 0 Å². The van der Waals surface area contributed by atoms with Crippen LogP contribution in [0.1, 0.15) is 101 Å². The van der Waals surface area contributed by atoms with Crippen molar-refractivity contribution in [2.75, 3.05) is 0 Å². The van der Waals surface area contributed by atoms with E-state index in [1.807, 2.05) is 0 Å². The highest BCUT2D eigenvalue weighted by molar-refractivity contribution is 5.32. The number of hydrogen-bond acceptors (Lipinski definition) is 0. The summed E-state index contributed by atoms with van der Waals surface area (Å²) in [6, 6.07) is 9.16. The standard InChI is InChI=1S/C21H34/c1-2-3-4-5-6-7-8-9-10-14-19-16-13-17-20-15-11-12-18-21(19)20/h11-12,15,18-19H,2-10,13-14,16-17H2,1H3. The number of benzene rings is 1. The van der Waals surface area contributed by atoms with E-state index in [0.717, 1.165) is 5.92 Å². The van der Waals surface area contributed by atoms with Gasteiger partial charge in [-0.25, -0.2) is 0 Å². The van der Waals surface area contributed by atoms with E-state index in [4.69, 9.17) is 0 Å². The van der Waals surface area contributed by atoms with Gasteiger partial charge in [-0.05, 0) is 42.7 Å². The summed E-state index contributed by atoms with van der Waals surface area (Å²) in [6.07, 6.45) is 18.5. The van der Waals surface area contributed by atoms with Gasteiger partial charge < -0.3 is 0 Å². The van der Waals surface area contributed by atoms with Crippen molar-refractivity contribution in [2.24, 2.45) is 0 Å². The van der Waals surface area contributed by atoms with Crippen LogP contribution in [0.5, 0.6) is 0 Å². The van der Waals surface area contributed by atoms with Crippen molar-refractivity contribution in [1.29, 1.82) is 0 Å². The van der Waals surface area contributed by atoms with Crippen LogP contribution in [0.25, 0.3) is 0 Å². The van der Waals surface area contributed by atoms with Gasteiger partial charge in [0.25, 0.3) is 0 Å². The van der Waals surface area contributed by atoms with Crippen molar-refractivity contribution in [3.63, 3.8) is 0 Å². The van der Waals surface area contributed by atoms with E-state index in [2.05, 4.69) is 31.2 Å². The Balaban J connectivity index is 1.56. The normalized spacial score (nSPS) is 17.7. The summed E-state index contributed by atoms with van der Waals surface area (Å²) in [5.74, 6) is 0.861. The molecule has 0 heteroatoms. The van der Waals surface area contributed by atoms with Crippen LogP contribution < -0.4 is 0 Å². The van der Waals surface area contributed by atoms with Crippen molar-refractivity contribution >= 4 is 0 Å². The van der Waals surface area contributed by atoms with Gasteiger partial charge in [-0.1, -0.05) is 89.0 Å². The fourth-order valence-electron chi connectivity index (χ4n) is 3.86. The first-order chi connectivity index (χ1) is 10.4. The molecule has 0 radical (unpaired) electrons. The zero-order chi connectivity index (χ0) is 14.8. The minimum atomic E-state index is 0.861. The van der Waals surface area contributed by atoms with Gasteiger partial charge in [0, 0.05) is 0 Å². The van der Waals surface area contributed by atoms with E-state index >= 15 is 0 Å². The molecule has 0 spiro atoms. The van der Waals surface area contributed by atoms with E-state index in [1.54, 1.807) is 11.1 Å². The summed E-state index contributed by atoms with van der Waals surface area (Å²) >= 11 is 0. The molecule has 0 N–H and O–H groups in total. The molecule has 0 saturated heterocycles. The van der Waals surface area contributed by atoms with Gasteiger partial charge in [-0.15, -0.1) is 0 Å². The SMILES string of the molecule is CCCCCCCCCCCC1CCCc2ccccc21. The van der Waals surface area contributed by atoms with Gasteiger partial charge >= 0.3 is 0 Å². The Morgan fingerprint density at radius 2 is 1.52 bits per heavy atom. The van der Waals surface area contributed by atoms with E-state index in [0.29, 0.717) is 0 Å². The van der Waals surface area contributed by atoms with Crippen molar-refractivity contribution in [2.45, 2.75) is 96.3 Å². The molecular formula is C21H34. The molecule has 1 aromatic carbocycles. The molecule has 21 heavy (non-hydrogen) atoms. The topological polar surface area (TPSA) is 0 Å². The van der Waals surface area contributed by atoms with Crippen LogP contribution in [0.3, 0.4) is 0 Å². The van der Waals surface area contributed by atoms with Crippen molar-refractivity contribution in [3.05, 3.63) is 35.4 Å². The third kappa shape index (κ3) is 5.85. The van der Waals surface area contributed by atoms with Gasteiger partial charge in [0.05, 0.1) is 0 Å². The smallest absolute Gasteiger partial charge is 0.0159 e. The maximum atomic E-state index is 2.38. The van der Waals surface area contributed by atoms with Gasteiger partial charge in [0.2, 0.25) is 0 Å². The molecule has 0 nitrogen and oxygen atoms in total. The van der Waals surface area contributed by atoms with Crippen molar-refractivity contribution < 1.29 is 0 Å². The summed E-state index contributed by atoms with van der Waals surface area (Å²) in [7, 11) is 0. The Labute approximate surface area is 132 Å². The van der Waals surface area contributed by atoms with E-state index in [1.165, 1.54) is 83.5 Å². The first kappa shape index (κ1) is 16.6. The molecular weight excluding hydrogens is 252 g/mol. The molecule has 2 rings (SSSR count). The first-order valence-electron chi connectivity index (χ1n) is 9.49. The third-order valence-corrected chi connectivity index (χ3v) is 5.15. The fraction of sp³-hybridized carbons (Fsp3) is 0.714. The number of hydrogen-bond donors (Lipinski definition) is 0. The maximum absolute atomic E-state index is 2.38. The lowest BCUT2D eigenvalue weighted by Gasteiger charge is -2.25. The average Bonchev–Trinajstić information content (AvgIpc) is 2.53. The quantitative estimate of drug-likeness (QED) is 0.405. The zero-order valence-corrected chi connectivity index (χ0v) is 14.1. The summed E-state index contributed by atoms with van der Waals surface area (Å²) in [5.41, 5.74) is 3.30. The number of unbranched alkanes of at least 4 members (excludes halogenated alkanes) is 8. The highest BCUT2D eigenvalue weighted by Gasteiger charge is 2.18. The molecule has 0 aromatic heterocycles. The van der Waals surface area contributed by atoms with Crippen LogP contribution in [-0.4, -0.2) is 0 Å². The predicted molar refractivity (Wildman–Crippen MR) is 94.0 cm³/mol. The minimum Gasteiger partial charge on any atom is -0.0654 e. The lowest BCUT2D eigenvalue weighted by Crippen LogP contribution is -2.09. The van der Waals surface area contributed by atoms with E-state index in [9.17, 15) is 0 Å². The molecule has 118 valence electrons. The largest absolute Gasteiger partial charge is 0.0654 e. The number of aryl methyl sites for hydroxylation is 1. The van der Waals surface area contributed by atoms with Crippen LogP contribution in [0.15, 0.2) is 24.3 Å². The molecule has 0 heterocycles. The second-order valence-corrected chi connectivity index (χ2v) is 6.91. The summed E-state index contributed by atoms with van der Waals surface area (Å²) in [4.78, 5) is 0. The van der Waals surface area contributed by atoms with Crippen molar-refractivity contribution in [3.8, 4) is 0 Å². The van der Waals surface area contributed by atoms with Gasteiger partial charge in [-0.3, -0.25) is 0 Å². The third-order valence-electron chi connectivity index (χ3n) is 5.15. The van der Waals surface area contributed by atoms with Gasteiger partial charge in [0.1, 0.15) is 0 Å². The van der Waals surface area contributed by atoms with E-state index in [-0.39, 0.29) is 0 Å². The van der Waals surface area contributed by atoms with Crippen LogP contribution in [0, 0.1) is 0 Å². The Hall–Kier alpha value is -0.780. The molecule has 0 saturated carbocycles. The lowest BCUT2D eigenvalue weighted by atomic mass is 9.80. The highest BCUT2D eigenvalue weighted by atomic mass is 14.2. The molecule has 1 aromatic rings. The second kappa shape index (κ2) is 10.0. The van der Waals surface area contributed by atoms with E-state index < -0.39 is 0 Å².